The average Bonchev–Trinajstić information content (AvgIpc) is 2.46. The summed E-state index contributed by atoms with van der Waals surface area (Å²) in [6.07, 6.45) is 3.31. The molecule has 0 radical (unpaired) electrons. The number of thioether (sulfide) groups is 1. The highest BCUT2D eigenvalue weighted by atomic mass is 32.2. The van der Waals surface area contributed by atoms with E-state index in [0.29, 0.717) is 16.6 Å². The number of carbonyl (C=O) groups is 1. The molecule has 0 atom stereocenters. The second-order valence-electron chi connectivity index (χ2n) is 3.86. The van der Waals surface area contributed by atoms with Gasteiger partial charge in [-0.05, 0) is 30.3 Å². The van der Waals surface area contributed by atoms with Gasteiger partial charge in [-0.1, -0.05) is 11.8 Å². The fraction of sp³-hybridized carbons (Fsp3) is 0.154. The van der Waals surface area contributed by atoms with E-state index in [1.807, 2.05) is 12.1 Å². The molecule has 1 aromatic carbocycles. The minimum absolute atomic E-state index is 0.0118. The highest BCUT2D eigenvalue weighted by molar-refractivity contribution is 7.99. The third-order valence-corrected chi connectivity index (χ3v) is 3.38. The molecule has 1 amide bonds. The van der Waals surface area contributed by atoms with Crippen molar-refractivity contribution in [3.8, 4) is 0 Å². The van der Waals surface area contributed by atoms with E-state index in [-0.39, 0.29) is 5.91 Å². The van der Waals surface area contributed by atoms with E-state index >= 15 is 0 Å². The Balaban J connectivity index is 1.94. The third kappa shape index (κ3) is 3.69. The first kappa shape index (κ1) is 13.4. The van der Waals surface area contributed by atoms with Crippen LogP contribution >= 0.6 is 11.8 Å². The number of amides is 1. The van der Waals surface area contributed by atoms with Gasteiger partial charge in [-0.2, -0.15) is 0 Å². The quantitative estimate of drug-likeness (QED) is 0.523. The molecule has 0 aliphatic rings. The monoisotopic (exact) mass is 274 g/mol. The Morgan fingerprint density at radius 2 is 1.89 bits per heavy atom. The van der Waals surface area contributed by atoms with Crippen molar-refractivity contribution in [2.75, 3.05) is 23.4 Å². The molecule has 0 saturated carbocycles. The second-order valence-corrected chi connectivity index (χ2v) is 4.81. The Bertz CT molecular complexity index is 544. The van der Waals surface area contributed by atoms with E-state index in [2.05, 4.69) is 9.97 Å². The maximum Gasteiger partial charge on any atom is 0.237 e. The van der Waals surface area contributed by atoms with Crippen LogP contribution in [0, 0.1) is 0 Å². The van der Waals surface area contributed by atoms with Crippen LogP contribution < -0.4 is 10.6 Å². The maximum absolute atomic E-state index is 12.0. The van der Waals surface area contributed by atoms with Crippen molar-refractivity contribution < 1.29 is 4.79 Å². The van der Waals surface area contributed by atoms with Gasteiger partial charge in [0.15, 0.2) is 5.16 Å². The highest BCUT2D eigenvalue weighted by Crippen LogP contribution is 2.17. The number of benzene rings is 1. The molecule has 2 rings (SSSR count). The molecule has 5 nitrogen and oxygen atoms in total. The number of hydrogen-bond donors (Lipinski definition) is 1. The van der Waals surface area contributed by atoms with E-state index in [1.165, 1.54) is 11.8 Å². The molecule has 0 bridgehead atoms. The Labute approximate surface area is 115 Å². The molecule has 0 fully saturated rings. The zero-order chi connectivity index (χ0) is 13.7. The summed E-state index contributed by atoms with van der Waals surface area (Å²) in [6.45, 7) is 0. The van der Waals surface area contributed by atoms with Crippen molar-refractivity contribution in [3.05, 3.63) is 42.7 Å². The van der Waals surface area contributed by atoms with Crippen LogP contribution in [0.15, 0.2) is 47.9 Å². The fourth-order valence-corrected chi connectivity index (χ4v) is 2.14. The van der Waals surface area contributed by atoms with Gasteiger partial charge in [-0.15, -0.1) is 0 Å². The molecule has 6 heteroatoms. The van der Waals surface area contributed by atoms with Gasteiger partial charge in [-0.25, -0.2) is 9.97 Å². The van der Waals surface area contributed by atoms with Crippen molar-refractivity contribution in [3.63, 3.8) is 0 Å². The number of nitrogens with two attached hydrogens (primary N) is 1. The molecule has 2 aromatic rings. The van der Waals surface area contributed by atoms with Crippen LogP contribution in [0.1, 0.15) is 0 Å². The molecule has 0 spiro atoms. The number of nitrogens with zero attached hydrogens (tertiary/aromatic N) is 3. The number of carbonyl (C=O) groups excluding carboxylic acids is 1. The SMILES string of the molecule is CN(C(=O)CSc1ncccn1)c1ccc(N)cc1. The van der Waals surface area contributed by atoms with Crippen molar-refractivity contribution in [1.82, 2.24) is 9.97 Å². The minimum atomic E-state index is -0.0118. The lowest BCUT2D eigenvalue weighted by atomic mass is 10.2. The van der Waals surface area contributed by atoms with E-state index in [9.17, 15) is 4.79 Å². The highest BCUT2D eigenvalue weighted by Gasteiger charge is 2.11. The molecular formula is C13H14N4OS. The predicted molar refractivity (Wildman–Crippen MR) is 77.0 cm³/mol. The van der Waals surface area contributed by atoms with Gasteiger partial charge in [0.2, 0.25) is 5.91 Å². The summed E-state index contributed by atoms with van der Waals surface area (Å²) >= 11 is 1.32. The molecule has 0 aliphatic carbocycles. The van der Waals surface area contributed by atoms with Crippen LogP contribution in [0.3, 0.4) is 0 Å². The van der Waals surface area contributed by atoms with Gasteiger partial charge >= 0.3 is 0 Å². The largest absolute Gasteiger partial charge is 0.399 e. The van der Waals surface area contributed by atoms with Crippen LogP contribution in [-0.2, 0) is 4.79 Å². The summed E-state index contributed by atoms with van der Waals surface area (Å²) in [6, 6.07) is 8.92. The number of aromatic nitrogens is 2. The number of nitrogen functional groups attached to an aromatic ring is 1. The summed E-state index contributed by atoms with van der Waals surface area (Å²) in [7, 11) is 1.74. The average molecular weight is 274 g/mol. The van der Waals surface area contributed by atoms with Gasteiger partial charge in [-0.3, -0.25) is 4.79 Å². The first-order valence-electron chi connectivity index (χ1n) is 5.69. The number of anilines is 2. The van der Waals surface area contributed by atoms with Gasteiger partial charge in [0, 0.05) is 30.8 Å². The van der Waals surface area contributed by atoms with Gasteiger partial charge in [0.25, 0.3) is 0 Å². The lowest BCUT2D eigenvalue weighted by Crippen LogP contribution is -2.27. The first-order chi connectivity index (χ1) is 9.16. The smallest absolute Gasteiger partial charge is 0.237 e. The van der Waals surface area contributed by atoms with Crippen LogP contribution in [0.25, 0.3) is 0 Å². The van der Waals surface area contributed by atoms with Gasteiger partial charge in [0.1, 0.15) is 0 Å². The molecule has 0 aliphatic heterocycles. The Morgan fingerprint density at radius 1 is 1.26 bits per heavy atom. The van der Waals surface area contributed by atoms with Crippen LogP contribution in [0.5, 0.6) is 0 Å². The van der Waals surface area contributed by atoms with E-state index in [0.717, 1.165) is 5.69 Å². The summed E-state index contributed by atoms with van der Waals surface area (Å²) in [5, 5.41) is 0.599. The second kappa shape index (κ2) is 6.19. The molecule has 2 N–H and O–H groups in total. The van der Waals surface area contributed by atoms with E-state index in [4.69, 9.17) is 5.73 Å². The molecule has 98 valence electrons. The molecule has 1 aromatic heterocycles. The topological polar surface area (TPSA) is 72.1 Å². The Kier molecular flexibility index (Phi) is 4.35. The Hall–Kier alpha value is -2.08. The fourth-order valence-electron chi connectivity index (χ4n) is 1.42. The number of rotatable bonds is 4. The zero-order valence-corrected chi connectivity index (χ0v) is 11.3. The molecular weight excluding hydrogens is 260 g/mol. The Morgan fingerprint density at radius 3 is 2.53 bits per heavy atom. The molecule has 19 heavy (non-hydrogen) atoms. The molecule has 0 saturated heterocycles. The van der Waals surface area contributed by atoms with Crippen LogP contribution in [-0.4, -0.2) is 28.7 Å². The minimum Gasteiger partial charge on any atom is -0.399 e. The van der Waals surface area contributed by atoms with E-state index in [1.54, 1.807) is 42.5 Å². The van der Waals surface area contributed by atoms with Gasteiger partial charge < -0.3 is 10.6 Å². The van der Waals surface area contributed by atoms with Crippen LogP contribution in [0.2, 0.25) is 0 Å². The van der Waals surface area contributed by atoms with E-state index < -0.39 is 0 Å². The van der Waals surface area contributed by atoms with Crippen molar-refractivity contribution in [2.24, 2.45) is 0 Å². The molecule has 0 unspecified atom stereocenters. The predicted octanol–water partition coefficient (Wildman–Crippen LogP) is 1.81. The lowest BCUT2D eigenvalue weighted by Gasteiger charge is -2.16. The normalized spacial score (nSPS) is 10.2. The molecule has 1 heterocycles. The maximum atomic E-state index is 12.0. The van der Waals surface area contributed by atoms with Crippen molar-refractivity contribution in [2.45, 2.75) is 5.16 Å². The summed E-state index contributed by atoms with van der Waals surface area (Å²) in [5.41, 5.74) is 7.10. The zero-order valence-electron chi connectivity index (χ0n) is 10.5. The van der Waals surface area contributed by atoms with Crippen LogP contribution in [0.4, 0.5) is 11.4 Å². The van der Waals surface area contributed by atoms with Crippen molar-refractivity contribution in [1.29, 1.82) is 0 Å². The summed E-state index contributed by atoms with van der Waals surface area (Å²) < 4.78 is 0. The summed E-state index contributed by atoms with van der Waals surface area (Å²) in [5.74, 6) is 0.285. The number of hydrogen-bond acceptors (Lipinski definition) is 5. The van der Waals surface area contributed by atoms with Gasteiger partial charge in [0.05, 0.1) is 5.75 Å². The lowest BCUT2D eigenvalue weighted by molar-refractivity contribution is -0.115. The standard InChI is InChI=1S/C13H14N4OS/c1-17(11-5-3-10(14)4-6-11)12(18)9-19-13-15-7-2-8-16-13/h2-8H,9,14H2,1H3. The van der Waals surface area contributed by atoms with Crippen molar-refractivity contribution >= 4 is 29.0 Å². The third-order valence-electron chi connectivity index (χ3n) is 2.52. The summed E-state index contributed by atoms with van der Waals surface area (Å²) in [4.78, 5) is 21.7. The first-order valence-corrected chi connectivity index (χ1v) is 6.67.